The summed E-state index contributed by atoms with van der Waals surface area (Å²) in [6.07, 6.45) is 5.59. The van der Waals surface area contributed by atoms with Gasteiger partial charge in [0, 0.05) is 24.4 Å². The predicted octanol–water partition coefficient (Wildman–Crippen LogP) is 3.70. The largest absolute Gasteiger partial charge is 0.472 e. The van der Waals surface area contributed by atoms with Crippen molar-refractivity contribution in [3.63, 3.8) is 0 Å². The zero-order chi connectivity index (χ0) is 23.8. The number of fused-ring (bicyclic) bond motifs is 1. The molecular formula is C21H24F3N7O2. The van der Waals surface area contributed by atoms with Crippen molar-refractivity contribution in [2.45, 2.75) is 58.2 Å². The number of rotatable bonds is 8. The van der Waals surface area contributed by atoms with Gasteiger partial charge in [-0.25, -0.2) is 9.67 Å². The van der Waals surface area contributed by atoms with Crippen molar-refractivity contribution in [3.8, 4) is 29.4 Å². The number of aromatic nitrogens is 6. The molecule has 0 radical (unpaired) electrons. The molecule has 0 aromatic carbocycles. The number of ether oxygens (including phenoxy) is 2. The number of hydrogen-bond donors (Lipinski definition) is 1. The lowest BCUT2D eigenvalue weighted by Crippen LogP contribution is -2.46. The Kier molecular flexibility index (Phi) is 6.16. The molecule has 9 nitrogen and oxygen atoms in total. The Morgan fingerprint density at radius 3 is 2.76 bits per heavy atom. The molecule has 0 saturated heterocycles. The van der Waals surface area contributed by atoms with Gasteiger partial charge in [-0.2, -0.15) is 27.8 Å². The van der Waals surface area contributed by atoms with Crippen LogP contribution in [-0.2, 0) is 4.74 Å². The lowest BCUT2D eigenvalue weighted by atomic mass is 9.79. The quantitative estimate of drug-likeness (QED) is 0.510. The monoisotopic (exact) mass is 463 g/mol. The van der Waals surface area contributed by atoms with Gasteiger partial charge in [0.15, 0.2) is 11.9 Å². The molecule has 1 N–H and O–H groups in total. The second-order valence-electron chi connectivity index (χ2n) is 7.79. The number of nitrogens with one attached hydrogen (secondary N) is 1. The Morgan fingerprint density at radius 2 is 2.12 bits per heavy atom. The number of terminal acetylenes is 1. The maximum atomic E-state index is 13.1. The molecule has 33 heavy (non-hydrogen) atoms. The highest BCUT2D eigenvalue weighted by atomic mass is 19.4. The second-order valence-corrected chi connectivity index (χ2v) is 7.79. The summed E-state index contributed by atoms with van der Waals surface area (Å²) >= 11 is 0. The molecule has 1 saturated carbocycles. The van der Waals surface area contributed by atoms with Crippen LogP contribution in [0.2, 0.25) is 0 Å². The minimum atomic E-state index is -4.26. The fraction of sp³-hybridized carbons (Fsp3) is 0.524. The molecule has 1 fully saturated rings. The molecule has 4 rings (SSSR count). The van der Waals surface area contributed by atoms with E-state index in [1.807, 2.05) is 13.8 Å². The molecule has 12 heteroatoms. The molecular weight excluding hydrogens is 439 g/mol. The summed E-state index contributed by atoms with van der Waals surface area (Å²) in [7, 11) is 0. The molecule has 0 bridgehead atoms. The van der Waals surface area contributed by atoms with Gasteiger partial charge in [0.25, 0.3) is 0 Å². The molecule has 1 aliphatic carbocycles. The Bertz CT molecular complexity index is 1170. The summed E-state index contributed by atoms with van der Waals surface area (Å²) in [5.74, 6) is 1.38. The van der Waals surface area contributed by atoms with E-state index < -0.39 is 24.2 Å². The van der Waals surface area contributed by atoms with Crippen LogP contribution >= 0.6 is 0 Å². The maximum absolute atomic E-state index is 13.1. The number of halogens is 3. The van der Waals surface area contributed by atoms with Crippen molar-refractivity contribution in [2.75, 3.05) is 11.9 Å². The van der Waals surface area contributed by atoms with Crippen LogP contribution in [0, 0.1) is 18.3 Å². The van der Waals surface area contributed by atoms with Crippen LogP contribution in [0.4, 0.5) is 19.1 Å². The fourth-order valence-corrected chi connectivity index (χ4v) is 3.63. The number of hydrogen-bond acceptors (Lipinski definition) is 7. The Labute approximate surface area is 188 Å². The zero-order valence-corrected chi connectivity index (χ0v) is 18.4. The lowest BCUT2D eigenvalue weighted by Gasteiger charge is -2.37. The molecule has 4 atom stereocenters. The summed E-state index contributed by atoms with van der Waals surface area (Å²) in [5, 5.41) is 11.3. The van der Waals surface area contributed by atoms with Gasteiger partial charge in [-0.3, -0.25) is 0 Å². The highest BCUT2D eigenvalue weighted by Crippen LogP contribution is 2.42. The first-order chi connectivity index (χ1) is 15.7. The summed E-state index contributed by atoms with van der Waals surface area (Å²) in [6, 6.07) is -0.776. The summed E-state index contributed by atoms with van der Waals surface area (Å²) in [6.45, 7) is 5.97. The number of nitrogens with zero attached hydrogens (tertiary/aromatic N) is 6. The van der Waals surface area contributed by atoms with Gasteiger partial charge >= 0.3 is 6.18 Å². The molecule has 176 valence electrons. The van der Waals surface area contributed by atoms with Gasteiger partial charge in [-0.1, -0.05) is 5.92 Å². The van der Waals surface area contributed by atoms with E-state index in [4.69, 9.17) is 15.9 Å². The van der Waals surface area contributed by atoms with Gasteiger partial charge < -0.3 is 14.8 Å². The average molecular weight is 463 g/mol. The van der Waals surface area contributed by atoms with Crippen LogP contribution in [0.3, 0.4) is 0 Å². The van der Waals surface area contributed by atoms with E-state index in [0.29, 0.717) is 24.3 Å². The molecule has 3 heterocycles. The van der Waals surface area contributed by atoms with Gasteiger partial charge in [0.2, 0.25) is 11.6 Å². The van der Waals surface area contributed by atoms with Crippen LogP contribution in [0.25, 0.3) is 16.9 Å². The van der Waals surface area contributed by atoms with Gasteiger partial charge in [-0.05, 0) is 33.6 Å². The van der Waals surface area contributed by atoms with Crippen molar-refractivity contribution in [2.24, 2.45) is 5.92 Å². The summed E-state index contributed by atoms with van der Waals surface area (Å²) in [5.41, 5.74) is 1.34. The first-order valence-electron chi connectivity index (χ1n) is 10.6. The van der Waals surface area contributed by atoms with E-state index >= 15 is 0 Å². The van der Waals surface area contributed by atoms with Gasteiger partial charge in [0.05, 0.1) is 12.1 Å². The highest BCUT2D eigenvalue weighted by molar-refractivity contribution is 5.74. The van der Waals surface area contributed by atoms with Crippen LogP contribution in [0.1, 0.15) is 39.8 Å². The smallest absolute Gasteiger partial charge is 0.393 e. The molecule has 1 unspecified atom stereocenters. The molecule has 1 aliphatic rings. The topological polar surface area (TPSA) is 91.4 Å². The van der Waals surface area contributed by atoms with Crippen molar-refractivity contribution >= 4 is 11.6 Å². The number of alkyl halides is 3. The van der Waals surface area contributed by atoms with E-state index in [1.165, 1.54) is 10.8 Å². The minimum absolute atomic E-state index is 0.0618. The van der Waals surface area contributed by atoms with E-state index in [9.17, 15) is 13.2 Å². The minimum Gasteiger partial charge on any atom is -0.472 e. The van der Waals surface area contributed by atoms with Crippen molar-refractivity contribution in [1.29, 1.82) is 0 Å². The molecule has 0 spiro atoms. The molecule has 0 aliphatic heterocycles. The van der Waals surface area contributed by atoms with Crippen LogP contribution in [0.5, 0.6) is 5.75 Å². The Morgan fingerprint density at radius 1 is 1.33 bits per heavy atom. The van der Waals surface area contributed by atoms with Crippen molar-refractivity contribution in [3.05, 3.63) is 18.7 Å². The maximum Gasteiger partial charge on any atom is 0.393 e. The normalized spacial score (nSPS) is 20.2. The standard InChI is InChI=1S/C21H24F3N7O2/c1-5-12(3)33-18-17(14-9-26-30(10-14)13(4)32-6-2)25-11-31-19(18)28-20(29-31)27-16-8-7-15(16)21(22,23)24/h1,9-13,15-16H,6-8H2,2-4H3,(H,27,29)/t12-,13?,15+,16+/m0/s1. The van der Waals surface area contributed by atoms with Crippen LogP contribution in [-0.4, -0.2) is 54.3 Å². The fourth-order valence-electron chi connectivity index (χ4n) is 3.63. The first kappa shape index (κ1) is 22.8. The third kappa shape index (κ3) is 4.59. The van der Waals surface area contributed by atoms with Crippen molar-refractivity contribution < 1.29 is 22.6 Å². The van der Waals surface area contributed by atoms with Crippen LogP contribution < -0.4 is 10.1 Å². The zero-order valence-electron chi connectivity index (χ0n) is 18.4. The van der Waals surface area contributed by atoms with Gasteiger partial charge in [0.1, 0.15) is 18.2 Å². The van der Waals surface area contributed by atoms with Gasteiger partial charge in [-0.15, -0.1) is 11.5 Å². The summed E-state index contributed by atoms with van der Waals surface area (Å²) < 4.78 is 53.8. The average Bonchev–Trinajstić information content (AvgIpc) is 3.37. The first-order valence-corrected chi connectivity index (χ1v) is 10.6. The summed E-state index contributed by atoms with van der Waals surface area (Å²) in [4.78, 5) is 8.81. The molecule has 0 amide bonds. The van der Waals surface area contributed by atoms with E-state index in [0.717, 1.165) is 0 Å². The Hall–Kier alpha value is -3.33. The third-order valence-electron chi connectivity index (χ3n) is 5.54. The van der Waals surface area contributed by atoms with E-state index in [1.54, 1.807) is 24.0 Å². The highest BCUT2D eigenvalue weighted by Gasteiger charge is 2.50. The Balaban J connectivity index is 1.69. The van der Waals surface area contributed by atoms with E-state index in [2.05, 4.69) is 31.4 Å². The number of anilines is 1. The van der Waals surface area contributed by atoms with Crippen molar-refractivity contribution in [1.82, 2.24) is 29.4 Å². The lowest BCUT2D eigenvalue weighted by molar-refractivity contribution is -0.197. The van der Waals surface area contributed by atoms with Crippen LogP contribution in [0.15, 0.2) is 18.7 Å². The SMILES string of the molecule is C#C[C@H](C)Oc1c(-c2cnn(C(C)OCC)c2)ncn2nc(N[C@@H]3CC[C@H]3C(F)(F)F)nc12. The molecule has 3 aromatic rings. The van der Waals surface area contributed by atoms with E-state index in [-0.39, 0.29) is 30.0 Å². The predicted molar refractivity (Wildman–Crippen MR) is 113 cm³/mol. The second kappa shape index (κ2) is 8.90. The third-order valence-corrected chi connectivity index (χ3v) is 5.54. The molecule has 3 aromatic heterocycles.